The molecule has 1 aromatic carbocycles. The fourth-order valence-corrected chi connectivity index (χ4v) is 2.92. The van der Waals surface area contributed by atoms with Gasteiger partial charge in [-0.1, -0.05) is 17.7 Å². The number of aryl methyl sites for hydroxylation is 1. The lowest BCUT2D eigenvalue weighted by Gasteiger charge is -2.25. The molecule has 1 atom stereocenters. The molecule has 2 aromatic rings. The maximum Gasteiger partial charge on any atom is 0.416 e. The fraction of sp³-hybridized carbons (Fsp3) is 0.250. The molecule has 3 rings (SSSR count). The van der Waals surface area contributed by atoms with Crippen molar-refractivity contribution >= 4 is 17.3 Å². The molecule has 0 saturated heterocycles. The molecule has 0 bridgehead atoms. The molecule has 0 aliphatic carbocycles. The molecule has 6 nitrogen and oxygen atoms in total. The van der Waals surface area contributed by atoms with Crippen molar-refractivity contribution in [3.05, 3.63) is 68.5 Å². The van der Waals surface area contributed by atoms with Gasteiger partial charge in [0.1, 0.15) is 5.82 Å². The molecule has 10 heteroatoms. The van der Waals surface area contributed by atoms with Gasteiger partial charge in [0.25, 0.3) is 5.56 Å². The Morgan fingerprint density at radius 1 is 1.27 bits per heavy atom. The molecule has 1 aliphatic rings. The predicted molar refractivity (Wildman–Crippen MR) is 90.6 cm³/mol. The second-order valence-electron chi connectivity index (χ2n) is 5.81. The SMILES string of the molecule is Cc1nc(C2=CN([C@@H](C)c3ccc(C(F)(F)F)cc3Cl)NN2)cc(=O)[nH]1. The highest BCUT2D eigenvalue weighted by atomic mass is 35.5. The number of aromatic nitrogens is 2. The van der Waals surface area contributed by atoms with Gasteiger partial charge in [-0.25, -0.2) is 4.98 Å². The first-order valence-electron chi connectivity index (χ1n) is 7.62. The van der Waals surface area contributed by atoms with Crippen molar-refractivity contribution < 1.29 is 13.2 Å². The van der Waals surface area contributed by atoms with Crippen molar-refractivity contribution in [3.8, 4) is 0 Å². The van der Waals surface area contributed by atoms with Gasteiger partial charge in [0, 0.05) is 17.3 Å². The van der Waals surface area contributed by atoms with Crippen LogP contribution in [0.15, 0.2) is 35.3 Å². The topological polar surface area (TPSA) is 73.1 Å². The Morgan fingerprint density at radius 2 is 2.00 bits per heavy atom. The van der Waals surface area contributed by atoms with Gasteiger partial charge in [0.05, 0.1) is 23.0 Å². The maximum atomic E-state index is 12.8. The third-order valence-corrected chi connectivity index (χ3v) is 4.25. The van der Waals surface area contributed by atoms with E-state index in [-0.39, 0.29) is 16.6 Å². The van der Waals surface area contributed by atoms with Gasteiger partial charge in [-0.15, -0.1) is 5.53 Å². The summed E-state index contributed by atoms with van der Waals surface area (Å²) in [6.07, 6.45) is -2.78. The molecule has 2 heterocycles. The number of benzene rings is 1. The first-order chi connectivity index (χ1) is 12.1. The highest BCUT2D eigenvalue weighted by molar-refractivity contribution is 6.31. The summed E-state index contributed by atoms with van der Waals surface area (Å²) in [6.45, 7) is 3.44. The van der Waals surface area contributed by atoms with Gasteiger partial charge in [-0.05, 0) is 31.5 Å². The summed E-state index contributed by atoms with van der Waals surface area (Å²) in [5.74, 6) is 0.465. The summed E-state index contributed by atoms with van der Waals surface area (Å²) in [7, 11) is 0. The number of H-pyrrole nitrogens is 1. The van der Waals surface area contributed by atoms with Gasteiger partial charge >= 0.3 is 6.18 Å². The predicted octanol–water partition coefficient (Wildman–Crippen LogP) is 3.13. The second-order valence-corrected chi connectivity index (χ2v) is 6.22. The zero-order chi connectivity index (χ0) is 19.1. The highest BCUT2D eigenvalue weighted by Gasteiger charge is 2.31. The molecular weight excluding hydrogens is 371 g/mol. The normalized spacial score (nSPS) is 15.6. The van der Waals surface area contributed by atoms with E-state index in [1.807, 2.05) is 0 Å². The minimum atomic E-state index is -4.45. The smallest absolute Gasteiger partial charge is 0.311 e. The van der Waals surface area contributed by atoms with Crippen molar-refractivity contribution in [1.29, 1.82) is 0 Å². The van der Waals surface area contributed by atoms with Crippen LogP contribution in [0, 0.1) is 6.92 Å². The first-order valence-corrected chi connectivity index (χ1v) is 8.00. The number of halogens is 4. The summed E-state index contributed by atoms with van der Waals surface area (Å²) in [6, 6.07) is 4.21. The molecule has 0 unspecified atom stereocenters. The number of hydrogen-bond donors (Lipinski definition) is 3. The largest absolute Gasteiger partial charge is 0.416 e. The summed E-state index contributed by atoms with van der Waals surface area (Å²) in [5, 5.41) is 1.64. The lowest BCUT2D eigenvalue weighted by atomic mass is 10.1. The molecule has 138 valence electrons. The maximum absolute atomic E-state index is 12.8. The summed E-state index contributed by atoms with van der Waals surface area (Å²) < 4.78 is 38.3. The van der Waals surface area contributed by atoms with E-state index in [9.17, 15) is 18.0 Å². The van der Waals surface area contributed by atoms with E-state index in [1.165, 1.54) is 12.1 Å². The molecule has 0 fully saturated rings. The molecule has 1 aromatic heterocycles. The van der Waals surface area contributed by atoms with Gasteiger partial charge in [0.2, 0.25) is 0 Å². The van der Waals surface area contributed by atoms with Gasteiger partial charge in [-0.3, -0.25) is 9.80 Å². The van der Waals surface area contributed by atoms with Crippen molar-refractivity contribution in [2.45, 2.75) is 26.1 Å². The molecule has 0 spiro atoms. The summed E-state index contributed by atoms with van der Waals surface area (Å²) >= 11 is 6.05. The van der Waals surface area contributed by atoms with Gasteiger partial charge in [0.15, 0.2) is 0 Å². The quantitative estimate of drug-likeness (QED) is 0.757. The van der Waals surface area contributed by atoms with Crippen molar-refractivity contribution in [2.24, 2.45) is 0 Å². The fourth-order valence-electron chi connectivity index (χ4n) is 2.58. The Kier molecular flexibility index (Phi) is 4.68. The Balaban J connectivity index is 1.86. The Bertz CT molecular complexity index is 925. The van der Waals surface area contributed by atoms with E-state index in [2.05, 4.69) is 20.9 Å². The van der Waals surface area contributed by atoms with Gasteiger partial charge in [-0.2, -0.15) is 13.2 Å². The minimum Gasteiger partial charge on any atom is -0.311 e. The van der Waals surface area contributed by atoms with E-state index in [1.54, 1.807) is 25.1 Å². The van der Waals surface area contributed by atoms with E-state index < -0.39 is 11.7 Å². The Labute approximate surface area is 151 Å². The summed E-state index contributed by atoms with van der Waals surface area (Å²) in [4.78, 5) is 18.4. The van der Waals surface area contributed by atoms with Crippen molar-refractivity contribution in [1.82, 2.24) is 25.9 Å². The summed E-state index contributed by atoms with van der Waals surface area (Å²) in [5.41, 5.74) is 6.17. The van der Waals surface area contributed by atoms with Crippen LogP contribution in [-0.2, 0) is 6.18 Å². The molecule has 0 amide bonds. The molecule has 3 N–H and O–H groups in total. The Morgan fingerprint density at radius 3 is 2.62 bits per heavy atom. The van der Waals surface area contributed by atoms with E-state index in [4.69, 9.17) is 11.6 Å². The van der Waals surface area contributed by atoms with E-state index in [0.717, 1.165) is 12.1 Å². The van der Waals surface area contributed by atoms with Crippen LogP contribution in [0.4, 0.5) is 13.2 Å². The first kappa shape index (κ1) is 18.3. The van der Waals surface area contributed by atoms with Crippen molar-refractivity contribution in [3.63, 3.8) is 0 Å². The number of nitrogens with one attached hydrogen (secondary N) is 3. The van der Waals surface area contributed by atoms with Crippen LogP contribution >= 0.6 is 11.6 Å². The third kappa shape index (κ3) is 3.68. The van der Waals surface area contributed by atoms with E-state index >= 15 is 0 Å². The van der Waals surface area contributed by atoms with Crippen LogP contribution in [0.2, 0.25) is 5.02 Å². The second kappa shape index (κ2) is 6.65. The van der Waals surface area contributed by atoms with Gasteiger partial charge < -0.3 is 10.4 Å². The minimum absolute atomic E-state index is 0.0149. The number of alkyl halides is 3. The number of hydrogen-bond acceptors (Lipinski definition) is 5. The van der Waals surface area contributed by atoms with E-state index in [0.29, 0.717) is 22.8 Å². The van der Waals surface area contributed by atoms with Crippen LogP contribution < -0.4 is 16.5 Å². The van der Waals surface area contributed by atoms with Crippen LogP contribution in [0.1, 0.15) is 35.6 Å². The molecular formula is C16H15ClF3N5O. The molecule has 1 aliphatic heterocycles. The average Bonchev–Trinajstić information content (AvgIpc) is 3.02. The average molecular weight is 386 g/mol. The highest BCUT2D eigenvalue weighted by Crippen LogP contribution is 2.35. The van der Waals surface area contributed by atoms with Crippen LogP contribution in [0.5, 0.6) is 0 Å². The Hall–Kier alpha value is -2.52. The number of rotatable bonds is 3. The lowest BCUT2D eigenvalue weighted by Crippen LogP contribution is -2.38. The zero-order valence-corrected chi connectivity index (χ0v) is 14.5. The third-order valence-electron chi connectivity index (χ3n) is 3.92. The molecule has 0 saturated carbocycles. The van der Waals surface area contributed by atoms with Crippen LogP contribution in [-0.4, -0.2) is 15.0 Å². The number of aromatic amines is 1. The molecule has 26 heavy (non-hydrogen) atoms. The molecule has 0 radical (unpaired) electrons. The standard InChI is InChI=1S/C16H15ClF3N5O/c1-8(11-4-3-10(5-12(11)17)16(18,19)20)25-7-14(23-24-25)13-6-15(26)22-9(2)21-13/h3-8,23-24H,1-2H3,(H,21,22,26)/t8-/m0/s1. The van der Waals surface area contributed by atoms with Crippen LogP contribution in [0.3, 0.4) is 0 Å². The zero-order valence-electron chi connectivity index (χ0n) is 13.8. The number of hydrazine groups is 2. The van der Waals surface area contributed by atoms with Crippen molar-refractivity contribution in [2.75, 3.05) is 0 Å². The number of nitrogens with zero attached hydrogens (tertiary/aromatic N) is 2. The lowest BCUT2D eigenvalue weighted by molar-refractivity contribution is -0.137. The van der Waals surface area contributed by atoms with Crippen LogP contribution in [0.25, 0.3) is 5.70 Å². The monoisotopic (exact) mass is 385 g/mol.